The Labute approximate surface area is 183 Å². The van der Waals surface area contributed by atoms with Crippen molar-refractivity contribution in [2.45, 2.75) is 25.0 Å². The van der Waals surface area contributed by atoms with E-state index < -0.39 is 6.10 Å². The fourth-order valence-corrected chi connectivity index (χ4v) is 4.59. The third-order valence-corrected chi connectivity index (χ3v) is 6.28. The second-order valence-electron chi connectivity index (χ2n) is 7.92. The number of nitrogens with zero attached hydrogens (tertiary/aromatic N) is 3. The minimum atomic E-state index is -0.750. The SMILES string of the molecule is O=c1c2cc(CC3=CCN([O-])C(Cl)=C3)c3ccccc3c2ncn1[C@H]1CCOC[C@@H]1O. The van der Waals surface area contributed by atoms with E-state index in [4.69, 9.17) is 16.3 Å². The Morgan fingerprint density at radius 2 is 2.06 bits per heavy atom. The molecule has 2 aliphatic heterocycles. The molecule has 8 heteroatoms. The van der Waals surface area contributed by atoms with Crippen molar-refractivity contribution in [2.24, 2.45) is 0 Å². The lowest BCUT2D eigenvalue weighted by Crippen LogP contribution is -2.39. The molecule has 5 rings (SSSR count). The molecule has 0 aliphatic carbocycles. The number of halogens is 1. The molecule has 1 fully saturated rings. The number of hydroxylamine groups is 2. The van der Waals surface area contributed by atoms with Crippen molar-refractivity contribution in [3.63, 3.8) is 0 Å². The highest BCUT2D eigenvalue weighted by atomic mass is 35.5. The maximum absolute atomic E-state index is 13.4. The van der Waals surface area contributed by atoms with E-state index in [0.717, 1.165) is 27.0 Å². The topological polar surface area (TPSA) is 90.7 Å². The molecule has 160 valence electrons. The van der Waals surface area contributed by atoms with Crippen molar-refractivity contribution in [3.8, 4) is 0 Å². The van der Waals surface area contributed by atoms with Gasteiger partial charge in [0.05, 0.1) is 41.1 Å². The second-order valence-corrected chi connectivity index (χ2v) is 8.30. The van der Waals surface area contributed by atoms with E-state index in [9.17, 15) is 15.1 Å². The van der Waals surface area contributed by atoms with Crippen molar-refractivity contribution >= 4 is 33.3 Å². The van der Waals surface area contributed by atoms with E-state index in [1.807, 2.05) is 36.4 Å². The van der Waals surface area contributed by atoms with E-state index in [0.29, 0.717) is 30.4 Å². The summed E-state index contributed by atoms with van der Waals surface area (Å²) in [5.74, 6) is 0. The first kappa shape index (κ1) is 20.2. The zero-order valence-electron chi connectivity index (χ0n) is 16.7. The average Bonchev–Trinajstić information content (AvgIpc) is 2.78. The fraction of sp³-hybridized carbons (Fsp3) is 0.304. The summed E-state index contributed by atoms with van der Waals surface area (Å²) < 4.78 is 6.83. The Morgan fingerprint density at radius 3 is 2.84 bits per heavy atom. The van der Waals surface area contributed by atoms with Crippen LogP contribution in [0.5, 0.6) is 0 Å². The molecule has 0 bridgehead atoms. The molecule has 1 saturated heterocycles. The van der Waals surface area contributed by atoms with Crippen LogP contribution < -0.4 is 5.56 Å². The number of aromatic nitrogens is 2. The number of aliphatic hydroxyl groups excluding tert-OH is 1. The Balaban J connectivity index is 1.66. The summed E-state index contributed by atoms with van der Waals surface area (Å²) in [6.45, 7) is 0.898. The molecule has 3 aromatic rings. The molecule has 3 heterocycles. The lowest BCUT2D eigenvalue weighted by Gasteiger charge is -2.31. The molecule has 2 aliphatic rings. The monoisotopic (exact) mass is 438 g/mol. The molecule has 1 N–H and O–H groups in total. The van der Waals surface area contributed by atoms with Crippen LogP contribution in [0, 0.1) is 5.21 Å². The van der Waals surface area contributed by atoms with Gasteiger partial charge in [0.25, 0.3) is 5.56 Å². The number of fused-ring (bicyclic) bond motifs is 3. The Bertz CT molecular complexity index is 1280. The van der Waals surface area contributed by atoms with Crippen molar-refractivity contribution in [3.05, 3.63) is 80.7 Å². The van der Waals surface area contributed by atoms with Crippen LogP contribution in [-0.4, -0.2) is 45.6 Å². The highest BCUT2D eigenvalue weighted by Gasteiger charge is 2.27. The number of aliphatic hydroxyl groups is 1. The lowest BCUT2D eigenvalue weighted by molar-refractivity contribution is -0.0395. The van der Waals surface area contributed by atoms with Gasteiger partial charge < -0.3 is 20.1 Å². The van der Waals surface area contributed by atoms with E-state index in [1.165, 1.54) is 10.9 Å². The van der Waals surface area contributed by atoms with E-state index >= 15 is 0 Å². The fourth-order valence-electron chi connectivity index (χ4n) is 4.38. The minimum absolute atomic E-state index is 0.153. The third kappa shape index (κ3) is 3.64. The predicted octanol–water partition coefficient (Wildman–Crippen LogP) is 3.23. The van der Waals surface area contributed by atoms with E-state index in [2.05, 4.69) is 4.98 Å². The zero-order chi connectivity index (χ0) is 21.5. The summed E-state index contributed by atoms with van der Waals surface area (Å²) in [5, 5.41) is 25.2. The van der Waals surface area contributed by atoms with Gasteiger partial charge in [0.15, 0.2) is 0 Å². The first-order valence-corrected chi connectivity index (χ1v) is 10.6. The molecular weight excluding hydrogens is 418 g/mol. The van der Waals surface area contributed by atoms with Crippen LogP contribution in [0.1, 0.15) is 18.0 Å². The van der Waals surface area contributed by atoms with Gasteiger partial charge in [0.1, 0.15) is 0 Å². The first-order chi connectivity index (χ1) is 15.0. The number of rotatable bonds is 3. The molecule has 0 amide bonds. The molecule has 2 aromatic carbocycles. The highest BCUT2D eigenvalue weighted by Crippen LogP contribution is 2.30. The Morgan fingerprint density at radius 1 is 1.26 bits per heavy atom. The van der Waals surface area contributed by atoms with E-state index in [-0.39, 0.29) is 29.9 Å². The summed E-state index contributed by atoms with van der Waals surface area (Å²) in [7, 11) is 0. The van der Waals surface area contributed by atoms with Gasteiger partial charge in [-0.2, -0.15) is 0 Å². The first-order valence-electron chi connectivity index (χ1n) is 10.2. The van der Waals surface area contributed by atoms with Crippen molar-refractivity contribution < 1.29 is 9.84 Å². The largest absolute Gasteiger partial charge is 0.757 e. The number of benzene rings is 2. The minimum Gasteiger partial charge on any atom is -0.757 e. The van der Waals surface area contributed by atoms with Gasteiger partial charge in [-0.25, -0.2) is 4.98 Å². The molecule has 7 nitrogen and oxygen atoms in total. The van der Waals surface area contributed by atoms with Crippen LogP contribution in [0.25, 0.3) is 21.7 Å². The summed E-state index contributed by atoms with van der Waals surface area (Å²) in [5.41, 5.74) is 2.34. The molecule has 1 aromatic heterocycles. The van der Waals surface area contributed by atoms with Crippen LogP contribution in [0.15, 0.2) is 64.3 Å². The van der Waals surface area contributed by atoms with Gasteiger partial charge in [0.2, 0.25) is 0 Å². The summed E-state index contributed by atoms with van der Waals surface area (Å²) in [6, 6.07) is 9.36. The number of allylic oxidation sites excluding steroid dienone is 2. The second kappa shape index (κ2) is 8.09. The molecule has 0 unspecified atom stereocenters. The van der Waals surface area contributed by atoms with Gasteiger partial charge >= 0.3 is 0 Å². The molecule has 0 radical (unpaired) electrons. The normalized spacial score (nSPS) is 22.0. The maximum Gasteiger partial charge on any atom is 0.261 e. The van der Waals surface area contributed by atoms with Gasteiger partial charge in [-0.1, -0.05) is 41.9 Å². The van der Waals surface area contributed by atoms with Crippen molar-refractivity contribution in [1.29, 1.82) is 0 Å². The van der Waals surface area contributed by atoms with E-state index in [1.54, 1.807) is 6.08 Å². The van der Waals surface area contributed by atoms with Crippen LogP contribution in [0.2, 0.25) is 0 Å². The standard InChI is InChI=1S/C23H21ClN3O4/c24-21-10-14(5-7-27(21)30)9-15-11-18-22(17-4-2-1-3-16(15)17)25-13-26(23(18)29)19-6-8-31-12-20(19)28/h1-5,10-11,13,19-20,28H,6-9,12H2/q-1/t19-,20-/m0/s1. The zero-order valence-corrected chi connectivity index (χ0v) is 17.5. The average molecular weight is 439 g/mol. The number of hydrogen-bond acceptors (Lipinski definition) is 6. The molecule has 2 atom stereocenters. The number of hydrogen-bond donors (Lipinski definition) is 1. The van der Waals surface area contributed by atoms with Gasteiger partial charge in [-0.05, 0) is 41.5 Å². The molecule has 0 saturated carbocycles. The van der Waals surface area contributed by atoms with Gasteiger partial charge in [-0.15, -0.1) is 0 Å². The third-order valence-electron chi connectivity index (χ3n) is 5.98. The van der Waals surface area contributed by atoms with Crippen molar-refractivity contribution in [1.82, 2.24) is 14.6 Å². The highest BCUT2D eigenvalue weighted by molar-refractivity contribution is 6.29. The van der Waals surface area contributed by atoms with Crippen LogP contribution in [0.3, 0.4) is 0 Å². The van der Waals surface area contributed by atoms with Crippen LogP contribution >= 0.6 is 11.6 Å². The summed E-state index contributed by atoms with van der Waals surface area (Å²) in [6.07, 6.45) is 5.38. The lowest BCUT2D eigenvalue weighted by atomic mass is 9.95. The Kier molecular flexibility index (Phi) is 5.27. The molecule has 0 spiro atoms. The summed E-state index contributed by atoms with van der Waals surface area (Å²) in [4.78, 5) is 18.0. The molecule has 31 heavy (non-hydrogen) atoms. The smallest absolute Gasteiger partial charge is 0.261 e. The van der Waals surface area contributed by atoms with Gasteiger partial charge in [-0.3, -0.25) is 9.36 Å². The van der Waals surface area contributed by atoms with Crippen LogP contribution in [0.4, 0.5) is 0 Å². The molecular formula is C23H21ClN3O4-. The quantitative estimate of drug-likeness (QED) is 0.498. The predicted molar refractivity (Wildman–Crippen MR) is 120 cm³/mol. The van der Waals surface area contributed by atoms with Crippen LogP contribution in [-0.2, 0) is 11.2 Å². The summed E-state index contributed by atoms with van der Waals surface area (Å²) >= 11 is 6.02. The Hall–Kier alpha value is -2.71. The number of ether oxygens (including phenoxy) is 1. The van der Waals surface area contributed by atoms with Gasteiger partial charge in [0, 0.05) is 18.5 Å². The van der Waals surface area contributed by atoms with Crippen molar-refractivity contribution in [2.75, 3.05) is 19.8 Å². The maximum atomic E-state index is 13.4.